The molecule has 0 aromatic heterocycles. The predicted molar refractivity (Wildman–Crippen MR) is 120 cm³/mol. The van der Waals surface area contributed by atoms with Crippen LogP contribution >= 0.6 is 11.8 Å². The number of ketones is 1. The molecule has 0 amide bonds. The Kier molecular flexibility index (Phi) is 8.06. The summed E-state index contributed by atoms with van der Waals surface area (Å²) in [5.41, 5.74) is -0.353. The molecule has 0 aliphatic rings. The van der Waals surface area contributed by atoms with Gasteiger partial charge in [0.15, 0.2) is 10.9 Å². The van der Waals surface area contributed by atoms with Gasteiger partial charge in [-0.1, -0.05) is 47.7 Å². The van der Waals surface area contributed by atoms with Crippen molar-refractivity contribution in [2.45, 2.75) is 67.4 Å². The van der Waals surface area contributed by atoms with Crippen LogP contribution in [-0.2, 0) is 25.5 Å². The first-order chi connectivity index (χ1) is 13.2. The zero-order chi connectivity index (χ0) is 22.6. The summed E-state index contributed by atoms with van der Waals surface area (Å²) in [7, 11) is 0. The second kappa shape index (κ2) is 9.29. The Morgan fingerprint density at radius 2 is 1.38 bits per heavy atom. The van der Waals surface area contributed by atoms with Crippen molar-refractivity contribution in [1.82, 2.24) is 0 Å². The normalized spacial score (nSPS) is 13.6. The first-order valence-electron chi connectivity index (χ1n) is 9.75. The van der Waals surface area contributed by atoms with Gasteiger partial charge >= 0.3 is 5.97 Å². The van der Waals surface area contributed by atoms with E-state index < -0.39 is 22.4 Å². The molecule has 1 rings (SSSR count). The minimum Gasteiger partial charge on any atom is -0.454 e. The lowest BCUT2D eigenvalue weighted by molar-refractivity contribution is -0.166. The van der Waals surface area contributed by atoms with Crippen LogP contribution in [0.15, 0.2) is 41.5 Å². The molecule has 0 unspecified atom stereocenters. The van der Waals surface area contributed by atoms with E-state index in [9.17, 15) is 14.4 Å². The van der Waals surface area contributed by atoms with Crippen LogP contribution < -0.4 is 0 Å². The number of carbonyl (C=O) groups excluding carboxylic acids is 3. The Morgan fingerprint density at radius 3 is 1.86 bits per heavy atom. The second-order valence-electron chi connectivity index (χ2n) is 8.98. The van der Waals surface area contributed by atoms with Crippen molar-refractivity contribution in [2.24, 2.45) is 10.8 Å². The first-order valence-corrected chi connectivity index (χ1v) is 11.0. The number of benzene rings is 1. The first kappa shape index (κ1) is 25.2. The van der Waals surface area contributed by atoms with Crippen molar-refractivity contribution >= 4 is 28.6 Å². The molecule has 29 heavy (non-hydrogen) atoms. The molecule has 0 saturated carbocycles. The molecule has 5 heteroatoms. The third-order valence-electron chi connectivity index (χ3n) is 5.86. The van der Waals surface area contributed by atoms with Gasteiger partial charge in [-0.05, 0) is 72.8 Å². The average Bonchev–Trinajstić information content (AvgIpc) is 2.66. The highest BCUT2D eigenvalue weighted by Gasteiger charge is 2.42. The van der Waals surface area contributed by atoms with Gasteiger partial charge in [0.2, 0.25) is 0 Å². The molecular weight excluding hydrogens is 384 g/mol. The highest BCUT2D eigenvalue weighted by molar-refractivity contribution is 8.13. The average molecular weight is 419 g/mol. The van der Waals surface area contributed by atoms with E-state index in [-0.39, 0.29) is 17.3 Å². The molecule has 1 aromatic carbocycles. The fourth-order valence-electron chi connectivity index (χ4n) is 2.88. The van der Waals surface area contributed by atoms with Gasteiger partial charge in [0, 0.05) is 6.42 Å². The summed E-state index contributed by atoms with van der Waals surface area (Å²) in [6, 6.07) is 9.35. The van der Waals surface area contributed by atoms with Crippen LogP contribution in [0.5, 0.6) is 0 Å². The Balaban J connectivity index is 3.06. The van der Waals surface area contributed by atoms with Crippen LogP contribution in [0.25, 0.3) is 0 Å². The van der Waals surface area contributed by atoms with Gasteiger partial charge in [0.25, 0.3) is 0 Å². The third kappa shape index (κ3) is 5.81. The lowest BCUT2D eigenvalue weighted by Gasteiger charge is -2.35. The smallest absolute Gasteiger partial charge is 0.319 e. The molecule has 160 valence electrons. The van der Waals surface area contributed by atoms with Gasteiger partial charge in [-0.15, -0.1) is 0 Å². The molecule has 0 spiro atoms. The van der Waals surface area contributed by atoms with E-state index in [0.717, 1.165) is 16.7 Å². The maximum absolute atomic E-state index is 12.9. The number of hydrogen-bond acceptors (Lipinski definition) is 5. The molecule has 0 fully saturated rings. The number of esters is 1. The van der Waals surface area contributed by atoms with Crippen molar-refractivity contribution in [3.05, 3.63) is 47.0 Å². The Labute approximate surface area is 179 Å². The van der Waals surface area contributed by atoms with Crippen molar-refractivity contribution in [3.8, 4) is 0 Å². The molecule has 0 radical (unpaired) electrons. The minimum absolute atomic E-state index is 0.0508. The largest absolute Gasteiger partial charge is 0.454 e. The number of allylic oxidation sites excluding steroid dienone is 1. The SMILES string of the molecule is CSC(=O)C(C)(C)C(C)=C(C)C(C)(C)OC(=O)C(C)(C)C(=O)Cc1ccccc1. The number of carbonyl (C=O) groups is 3. The van der Waals surface area contributed by atoms with Crippen LogP contribution in [0.2, 0.25) is 0 Å². The van der Waals surface area contributed by atoms with E-state index in [2.05, 4.69) is 0 Å². The van der Waals surface area contributed by atoms with E-state index in [4.69, 9.17) is 4.74 Å². The fraction of sp³-hybridized carbons (Fsp3) is 0.542. The monoisotopic (exact) mass is 418 g/mol. The number of ether oxygens (including phenoxy) is 1. The summed E-state index contributed by atoms with van der Waals surface area (Å²) in [4.78, 5) is 38.1. The third-order valence-corrected chi connectivity index (χ3v) is 6.74. The number of thioether (sulfide) groups is 1. The fourth-order valence-corrected chi connectivity index (χ4v) is 3.54. The summed E-state index contributed by atoms with van der Waals surface area (Å²) < 4.78 is 5.82. The Hall–Kier alpha value is -1.88. The summed E-state index contributed by atoms with van der Waals surface area (Å²) in [5.74, 6) is -0.759. The van der Waals surface area contributed by atoms with E-state index in [0.29, 0.717) is 0 Å². The molecule has 0 aliphatic heterocycles. The van der Waals surface area contributed by atoms with Crippen LogP contribution in [0, 0.1) is 10.8 Å². The lowest BCUT2D eigenvalue weighted by Crippen LogP contribution is -2.42. The minimum atomic E-state index is -1.27. The van der Waals surface area contributed by atoms with Gasteiger partial charge in [-0.3, -0.25) is 14.4 Å². The molecule has 0 N–H and O–H groups in total. The maximum Gasteiger partial charge on any atom is 0.319 e. The molecule has 4 nitrogen and oxygen atoms in total. The second-order valence-corrected chi connectivity index (χ2v) is 9.76. The predicted octanol–water partition coefficient (Wildman–Crippen LogP) is 5.40. The molecule has 0 bridgehead atoms. The molecule has 0 atom stereocenters. The zero-order valence-corrected chi connectivity index (χ0v) is 20.0. The van der Waals surface area contributed by atoms with Crippen LogP contribution in [0.1, 0.15) is 61.0 Å². The van der Waals surface area contributed by atoms with Crippen LogP contribution in [0.4, 0.5) is 0 Å². The lowest BCUT2D eigenvalue weighted by atomic mass is 9.79. The Morgan fingerprint density at radius 1 is 0.862 bits per heavy atom. The van der Waals surface area contributed by atoms with E-state index in [1.807, 2.05) is 58.0 Å². The number of hydrogen-bond donors (Lipinski definition) is 0. The van der Waals surface area contributed by atoms with Gasteiger partial charge in [0.1, 0.15) is 11.0 Å². The summed E-state index contributed by atoms with van der Waals surface area (Å²) >= 11 is 1.19. The highest BCUT2D eigenvalue weighted by Crippen LogP contribution is 2.38. The van der Waals surface area contributed by atoms with Gasteiger partial charge < -0.3 is 4.74 Å². The summed E-state index contributed by atoms with van der Waals surface area (Å²) in [6.45, 7) is 14.3. The number of Topliss-reactive ketones (excluding diaryl/α,β-unsaturated/α-hetero) is 1. The maximum atomic E-state index is 12.9. The summed E-state index contributed by atoms with van der Waals surface area (Å²) in [5, 5.41) is 0.0508. The summed E-state index contributed by atoms with van der Waals surface area (Å²) in [6.07, 6.45) is 1.94. The van der Waals surface area contributed by atoms with E-state index >= 15 is 0 Å². The molecule has 0 heterocycles. The van der Waals surface area contributed by atoms with Crippen molar-refractivity contribution < 1.29 is 19.1 Å². The Bertz CT molecular complexity index is 801. The van der Waals surface area contributed by atoms with Crippen LogP contribution in [0.3, 0.4) is 0 Å². The topological polar surface area (TPSA) is 60.4 Å². The number of rotatable bonds is 8. The highest BCUT2D eigenvalue weighted by atomic mass is 32.2. The van der Waals surface area contributed by atoms with E-state index in [1.165, 1.54) is 11.8 Å². The van der Waals surface area contributed by atoms with Crippen molar-refractivity contribution in [1.29, 1.82) is 0 Å². The van der Waals surface area contributed by atoms with E-state index in [1.54, 1.807) is 34.0 Å². The zero-order valence-electron chi connectivity index (χ0n) is 19.1. The molecule has 0 aliphatic carbocycles. The standard InChI is InChI=1S/C24H34O4S/c1-16(22(3,4)21(27)29-9)17(2)24(7,8)28-20(26)23(5,6)19(25)15-18-13-11-10-12-14-18/h10-14H,15H2,1-9H3. The quantitative estimate of drug-likeness (QED) is 0.321. The van der Waals surface area contributed by atoms with Gasteiger partial charge in [0.05, 0.1) is 5.41 Å². The molecular formula is C24H34O4S. The molecule has 1 aromatic rings. The van der Waals surface area contributed by atoms with Gasteiger partial charge in [-0.25, -0.2) is 0 Å². The van der Waals surface area contributed by atoms with Crippen molar-refractivity contribution in [2.75, 3.05) is 6.26 Å². The molecule has 0 saturated heterocycles. The van der Waals surface area contributed by atoms with Gasteiger partial charge in [-0.2, -0.15) is 0 Å². The van der Waals surface area contributed by atoms with Crippen molar-refractivity contribution in [3.63, 3.8) is 0 Å². The van der Waals surface area contributed by atoms with Crippen LogP contribution in [-0.4, -0.2) is 28.7 Å².